The van der Waals surface area contributed by atoms with E-state index in [-0.39, 0.29) is 0 Å². The van der Waals surface area contributed by atoms with Gasteiger partial charge >= 0.3 is 0 Å². The zero-order chi connectivity index (χ0) is 50.8. The molecule has 13 aromatic rings. The lowest BCUT2D eigenvalue weighted by Gasteiger charge is -2.36. The van der Waals surface area contributed by atoms with Crippen molar-refractivity contribution in [2.75, 3.05) is 0 Å². The van der Waals surface area contributed by atoms with Crippen molar-refractivity contribution in [3.05, 3.63) is 305 Å². The fraction of sp³-hybridized carbons (Fsp3) is 0.0694. The SMILES string of the molecule is CC1C=CC(C2(c3ccccc3)c3ccccc3-c3cc4c5ccccc5n(-c5nc(-c6ccccc6)nc(-n6c7ccccc7c7cc8c(cc76)C(c6ccccc6)(c6ccccc6)c6ccccc6-8)n5)c4cc32)=CC1. The van der Waals surface area contributed by atoms with Crippen LogP contribution in [0.25, 0.3) is 89.2 Å². The summed E-state index contributed by atoms with van der Waals surface area (Å²) < 4.78 is 4.59. The highest BCUT2D eigenvalue weighted by molar-refractivity contribution is 6.13. The van der Waals surface area contributed by atoms with Gasteiger partial charge in [-0.05, 0) is 116 Å². The molecule has 5 heteroatoms. The molecule has 3 aliphatic rings. The molecule has 2 unspecified atom stereocenters. The molecule has 0 N–H and O–H groups in total. The van der Waals surface area contributed by atoms with Gasteiger partial charge in [-0.25, -0.2) is 0 Å². The Morgan fingerprint density at radius 1 is 0.377 bits per heavy atom. The monoisotopic (exact) mass is 983 g/mol. The molecule has 0 saturated carbocycles. The smallest absolute Gasteiger partial charge is 0.240 e. The van der Waals surface area contributed by atoms with Gasteiger partial charge in [-0.2, -0.15) is 15.0 Å². The van der Waals surface area contributed by atoms with E-state index in [4.69, 9.17) is 15.0 Å². The van der Waals surface area contributed by atoms with Crippen molar-refractivity contribution in [3.63, 3.8) is 0 Å². The number of nitrogens with zero attached hydrogens (tertiary/aromatic N) is 5. The molecule has 3 heterocycles. The number of allylic oxidation sites excluding steroid dienone is 4. The molecule has 0 bridgehead atoms. The van der Waals surface area contributed by atoms with Crippen LogP contribution in [0, 0.1) is 5.92 Å². The molecule has 0 aliphatic heterocycles. The van der Waals surface area contributed by atoms with Gasteiger partial charge in [0.15, 0.2) is 5.82 Å². The molecule has 3 aliphatic carbocycles. The van der Waals surface area contributed by atoms with Crippen LogP contribution >= 0.6 is 0 Å². The minimum Gasteiger partial charge on any atom is -0.278 e. The van der Waals surface area contributed by atoms with E-state index in [1.807, 2.05) is 6.07 Å². The van der Waals surface area contributed by atoms with Gasteiger partial charge in [-0.3, -0.25) is 9.13 Å². The number of hydrogen-bond acceptors (Lipinski definition) is 3. The molecular weight excluding hydrogens is 935 g/mol. The van der Waals surface area contributed by atoms with Crippen LogP contribution in [0.1, 0.15) is 52.3 Å². The molecule has 3 aromatic heterocycles. The van der Waals surface area contributed by atoms with Gasteiger partial charge in [-0.15, -0.1) is 0 Å². The zero-order valence-electron chi connectivity index (χ0n) is 42.3. The number of hydrogen-bond donors (Lipinski definition) is 0. The largest absolute Gasteiger partial charge is 0.278 e. The third-order valence-electron chi connectivity index (χ3n) is 17.1. The molecule has 362 valence electrons. The molecular formula is C72H49N5. The normalized spacial score (nSPS) is 16.9. The van der Waals surface area contributed by atoms with E-state index in [0.29, 0.717) is 23.6 Å². The lowest BCUT2D eigenvalue weighted by molar-refractivity contribution is 0.691. The summed E-state index contributed by atoms with van der Waals surface area (Å²) in [5, 5.41) is 4.55. The predicted molar refractivity (Wildman–Crippen MR) is 314 cm³/mol. The zero-order valence-corrected chi connectivity index (χ0v) is 42.3. The Morgan fingerprint density at radius 3 is 1.31 bits per heavy atom. The van der Waals surface area contributed by atoms with Crippen LogP contribution in [0.15, 0.2) is 266 Å². The summed E-state index contributed by atoms with van der Waals surface area (Å²) in [4.78, 5) is 16.8. The Morgan fingerprint density at radius 2 is 0.805 bits per heavy atom. The van der Waals surface area contributed by atoms with E-state index >= 15 is 0 Å². The van der Waals surface area contributed by atoms with Crippen LogP contribution in [0.2, 0.25) is 0 Å². The summed E-state index contributed by atoms with van der Waals surface area (Å²) in [7, 11) is 0. The summed E-state index contributed by atoms with van der Waals surface area (Å²) in [5.74, 6) is 2.16. The highest BCUT2D eigenvalue weighted by Crippen LogP contribution is 2.60. The summed E-state index contributed by atoms with van der Waals surface area (Å²) in [6.45, 7) is 2.30. The second-order valence-electron chi connectivity index (χ2n) is 21.1. The third kappa shape index (κ3) is 6.08. The Kier molecular flexibility index (Phi) is 9.44. The Balaban J connectivity index is 1.00. The minimum atomic E-state index is -0.594. The third-order valence-corrected chi connectivity index (χ3v) is 17.1. The maximum atomic E-state index is 5.74. The van der Waals surface area contributed by atoms with E-state index in [2.05, 4.69) is 271 Å². The second-order valence-corrected chi connectivity index (χ2v) is 21.1. The van der Waals surface area contributed by atoms with Gasteiger partial charge in [0.2, 0.25) is 11.9 Å². The number of fused-ring (bicyclic) bond motifs is 12. The van der Waals surface area contributed by atoms with Gasteiger partial charge in [0.05, 0.1) is 32.9 Å². The number of benzene rings is 10. The Labute approximate surface area is 446 Å². The lowest BCUT2D eigenvalue weighted by atomic mass is 9.66. The molecule has 10 aromatic carbocycles. The number of para-hydroxylation sites is 2. The molecule has 0 saturated heterocycles. The van der Waals surface area contributed by atoms with Crippen LogP contribution in [0.3, 0.4) is 0 Å². The fourth-order valence-electron chi connectivity index (χ4n) is 13.8. The van der Waals surface area contributed by atoms with Gasteiger partial charge < -0.3 is 0 Å². The standard InChI is InChI=1S/C72H49N5/c1-46-38-40-51(41-39-46)72(50-28-12-5-13-29-50)61-35-19-15-31-53(61)57-43-59-55-33-17-21-37-65(55)77(67(59)45-63(57)72)70-74-68(47-22-6-2-7-23-47)73-69(75-70)76-64-36-20-16-32-54(64)58-42-56-52-30-14-18-34-60(52)71(62(56)44-66(58)76,48-24-8-3-9-25-48)49-26-10-4-11-27-49/h2-38,40-46H,39H2,1H3. The highest BCUT2D eigenvalue weighted by Gasteiger charge is 2.49. The second kappa shape index (κ2) is 16.6. The fourth-order valence-corrected chi connectivity index (χ4v) is 13.8. The van der Waals surface area contributed by atoms with Gasteiger partial charge in [0.1, 0.15) is 0 Å². The maximum absolute atomic E-state index is 5.74. The molecule has 0 spiro atoms. The average Bonchev–Trinajstić information content (AvgIpc) is 4.14. The molecule has 16 rings (SSSR count). The van der Waals surface area contributed by atoms with Crippen molar-refractivity contribution in [3.8, 4) is 45.5 Å². The predicted octanol–water partition coefficient (Wildman–Crippen LogP) is 16.9. The first-order valence-corrected chi connectivity index (χ1v) is 26.8. The van der Waals surface area contributed by atoms with Crippen molar-refractivity contribution in [1.82, 2.24) is 24.1 Å². The van der Waals surface area contributed by atoms with Crippen molar-refractivity contribution in [2.45, 2.75) is 24.2 Å². The summed E-state index contributed by atoms with van der Waals surface area (Å²) >= 11 is 0. The summed E-state index contributed by atoms with van der Waals surface area (Å²) in [6.07, 6.45) is 8.24. The van der Waals surface area contributed by atoms with Crippen LogP contribution in [0.5, 0.6) is 0 Å². The van der Waals surface area contributed by atoms with E-state index in [1.165, 1.54) is 66.8 Å². The average molecular weight is 984 g/mol. The van der Waals surface area contributed by atoms with E-state index < -0.39 is 10.8 Å². The molecule has 5 nitrogen and oxygen atoms in total. The summed E-state index contributed by atoms with van der Waals surface area (Å²) in [6, 6.07) is 88.8. The number of rotatable bonds is 7. The first kappa shape index (κ1) is 43.7. The molecule has 0 radical (unpaired) electrons. The van der Waals surface area contributed by atoms with E-state index in [9.17, 15) is 0 Å². The number of aromatic nitrogens is 5. The van der Waals surface area contributed by atoms with Crippen molar-refractivity contribution in [2.24, 2.45) is 5.92 Å². The van der Waals surface area contributed by atoms with E-state index in [0.717, 1.165) is 55.6 Å². The Bertz CT molecular complexity index is 4570. The first-order valence-electron chi connectivity index (χ1n) is 26.8. The summed E-state index contributed by atoms with van der Waals surface area (Å²) in [5.41, 5.74) is 18.9. The van der Waals surface area contributed by atoms with Crippen LogP contribution in [-0.2, 0) is 10.8 Å². The lowest BCUT2D eigenvalue weighted by Crippen LogP contribution is -2.30. The van der Waals surface area contributed by atoms with E-state index in [1.54, 1.807) is 0 Å². The highest BCUT2D eigenvalue weighted by atomic mass is 15.3. The van der Waals surface area contributed by atoms with Crippen LogP contribution in [0.4, 0.5) is 0 Å². The van der Waals surface area contributed by atoms with Crippen LogP contribution in [-0.4, -0.2) is 24.1 Å². The molecule has 0 fully saturated rings. The molecule has 0 amide bonds. The molecule has 2 atom stereocenters. The van der Waals surface area contributed by atoms with Gasteiger partial charge in [-0.1, -0.05) is 231 Å². The van der Waals surface area contributed by atoms with Crippen molar-refractivity contribution >= 4 is 43.6 Å². The van der Waals surface area contributed by atoms with Crippen molar-refractivity contribution in [1.29, 1.82) is 0 Å². The first-order chi connectivity index (χ1) is 38.1. The quantitative estimate of drug-likeness (QED) is 0.160. The van der Waals surface area contributed by atoms with Gasteiger partial charge in [0.25, 0.3) is 0 Å². The van der Waals surface area contributed by atoms with Gasteiger partial charge in [0, 0.05) is 27.1 Å². The topological polar surface area (TPSA) is 48.5 Å². The maximum Gasteiger partial charge on any atom is 0.240 e. The molecule has 77 heavy (non-hydrogen) atoms. The Hall–Kier alpha value is -9.71. The van der Waals surface area contributed by atoms with Crippen LogP contribution < -0.4 is 0 Å². The minimum absolute atomic E-state index is 0.464. The van der Waals surface area contributed by atoms with Crippen molar-refractivity contribution < 1.29 is 0 Å².